The van der Waals surface area contributed by atoms with Crippen LogP contribution in [0.15, 0.2) is 24.3 Å². The monoisotopic (exact) mass is 379 g/mol. The van der Waals surface area contributed by atoms with Crippen LogP contribution in [0.25, 0.3) is 0 Å². The maximum atomic E-state index is 13.0. The third-order valence-electron chi connectivity index (χ3n) is 5.51. The number of carbonyl (C=O) groups excluding carboxylic acids is 2. The third-order valence-corrected chi connectivity index (χ3v) is 5.51. The van der Waals surface area contributed by atoms with Gasteiger partial charge in [-0.15, -0.1) is 12.4 Å². The molecule has 2 aliphatic heterocycles. The molecule has 1 fully saturated rings. The zero-order chi connectivity index (χ0) is 17.8. The Labute approximate surface area is 162 Å². The summed E-state index contributed by atoms with van der Waals surface area (Å²) in [5, 5.41) is 6.49. The first-order valence-corrected chi connectivity index (χ1v) is 9.48. The first-order chi connectivity index (χ1) is 12.1. The number of piperidine rings is 1. The first kappa shape index (κ1) is 20.7. The van der Waals surface area contributed by atoms with Crippen LogP contribution in [0.4, 0.5) is 0 Å². The number of nitrogens with one attached hydrogen (secondary N) is 2. The van der Waals surface area contributed by atoms with Crippen molar-refractivity contribution in [3.63, 3.8) is 0 Å². The summed E-state index contributed by atoms with van der Waals surface area (Å²) in [7, 11) is 0. The van der Waals surface area contributed by atoms with E-state index >= 15 is 0 Å². The first-order valence-electron chi connectivity index (χ1n) is 9.48. The summed E-state index contributed by atoms with van der Waals surface area (Å²) in [6.45, 7) is 6.32. The Morgan fingerprint density at radius 1 is 1.31 bits per heavy atom. The molecule has 6 heteroatoms. The summed E-state index contributed by atoms with van der Waals surface area (Å²) in [6, 6.07) is 7.90. The Balaban J connectivity index is 0.00000243. The zero-order valence-electron chi connectivity index (χ0n) is 15.7. The van der Waals surface area contributed by atoms with E-state index in [4.69, 9.17) is 0 Å². The molecular weight excluding hydrogens is 350 g/mol. The number of benzene rings is 1. The molecule has 144 valence electrons. The van der Waals surface area contributed by atoms with Gasteiger partial charge in [-0.3, -0.25) is 9.59 Å². The van der Waals surface area contributed by atoms with E-state index < -0.39 is 6.04 Å². The lowest BCUT2D eigenvalue weighted by molar-refractivity contribution is -0.145. The van der Waals surface area contributed by atoms with Crippen molar-refractivity contribution in [2.24, 2.45) is 5.92 Å². The van der Waals surface area contributed by atoms with Crippen LogP contribution in [0.2, 0.25) is 0 Å². The molecule has 0 aromatic heterocycles. The molecule has 0 aliphatic carbocycles. The Kier molecular flexibility index (Phi) is 7.47. The second-order valence-corrected chi connectivity index (χ2v) is 7.32. The summed E-state index contributed by atoms with van der Waals surface area (Å²) in [5.74, 6) is 0.00990. The lowest BCUT2D eigenvalue weighted by atomic mass is 9.91. The quantitative estimate of drug-likeness (QED) is 0.843. The van der Waals surface area contributed by atoms with Gasteiger partial charge in [-0.05, 0) is 36.9 Å². The number of nitrogens with zero attached hydrogens (tertiary/aromatic N) is 1. The molecule has 0 radical (unpaired) electrons. The van der Waals surface area contributed by atoms with Crippen LogP contribution in [0, 0.1) is 5.92 Å². The fraction of sp³-hybridized carbons (Fsp3) is 0.600. The number of hydrogen-bond donors (Lipinski definition) is 2. The number of halogens is 1. The molecule has 2 N–H and O–H groups in total. The highest BCUT2D eigenvalue weighted by Gasteiger charge is 2.36. The van der Waals surface area contributed by atoms with E-state index in [0.29, 0.717) is 13.0 Å². The van der Waals surface area contributed by atoms with Crippen molar-refractivity contribution >= 4 is 24.2 Å². The van der Waals surface area contributed by atoms with Gasteiger partial charge in [0.1, 0.15) is 6.04 Å². The van der Waals surface area contributed by atoms with Crippen LogP contribution in [0.3, 0.4) is 0 Å². The average molecular weight is 380 g/mol. The number of fused-ring (bicyclic) bond motifs is 1. The lowest BCUT2D eigenvalue weighted by Crippen LogP contribution is -2.57. The fourth-order valence-corrected chi connectivity index (χ4v) is 3.72. The van der Waals surface area contributed by atoms with Gasteiger partial charge in [0, 0.05) is 31.5 Å². The SMILES string of the molecule is CCC(C)C(=O)N1Cc2ccccc2CC1C(=O)NC1CCCNC1.Cl. The van der Waals surface area contributed by atoms with Gasteiger partial charge in [-0.1, -0.05) is 38.1 Å². The van der Waals surface area contributed by atoms with E-state index in [1.807, 2.05) is 26.0 Å². The molecule has 0 bridgehead atoms. The summed E-state index contributed by atoms with van der Waals surface area (Å²) in [6.07, 6.45) is 3.47. The third kappa shape index (κ3) is 4.57. The van der Waals surface area contributed by atoms with E-state index in [1.165, 1.54) is 5.56 Å². The second-order valence-electron chi connectivity index (χ2n) is 7.32. The van der Waals surface area contributed by atoms with Gasteiger partial charge in [0.05, 0.1) is 0 Å². The van der Waals surface area contributed by atoms with Crippen LogP contribution in [-0.4, -0.2) is 41.9 Å². The minimum atomic E-state index is -0.404. The predicted octanol–water partition coefficient (Wildman–Crippen LogP) is 2.28. The van der Waals surface area contributed by atoms with Crippen molar-refractivity contribution in [1.29, 1.82) is 0 Å². The van der Waals surface area contributed by atoms with Crippen molar-refractivity contribution in [1.82, 2.24) is 15.5 Å². The molecule has 3 unspecified atom stereocenters. The largest absolute Gasteiger partial charge is 0.350 e. The molecule has 3 rings (SSSR count). The lowest BCUT2D eigenvalue weighted by Gasteiger charge is -2.38. The van der Waals surface area contributed by atoms with E-state index in [2.05, 4.69) is 22.8 Å². The molecular formula is C20H30ClN3O2. The Bertz CT molecular complexity index is 631. The van der Waals surface area contributed by atoms with Crippen LogP contribution in [-0.2, 0) is 22.6 Å². The van der Waals surface area contributed by atoms with Gasteiger partial charge in [0.2, 0.25) is 11.8 Å². The van der Waals surface area contributed by atoms with Crippen LogP contribution < -0.4 is 10.6 Å². The number of rotatable bonds is 4. The molecule has 0 spiro atoms. The second kappa shape index (κ2) is 9.38. The molecule has 1 aromatic rings. The van der Waals surface area contributed by atoms with E-state index in [0.717, 1.165) is 37.9 Å². The summed E-state index contributed by atoms with van der Waals surface area (Å²) in [4.78, 5) is 27.6. The number of hydrogen-bond acceptors (Lipinski definition) is 3. The Morgan fingerprint density at radius 2 is 2.04 bits per heavy atom. The molecule has 0 saturated carbocycles. The number of amides is 2. The minimum Gasteiger partial charge on any atom is -0.350 e. The van der Waals surface area contributed by atoms with Crippen molar-refractivity contribution in [2.45, 2.75) is 58.2 Å². The highest BCUT2D eigenvalue weighted by molar-refractivity contribution is 5.89. The van der Waals surface area contributed by atoms with E-state index in [1.54, 1.807) is 4.90 Å². The van der Waals surface area contributed by atoms with Gasteiger partial charge in [-0.2, -0.15) is 0 Å². The molecule has 2 aliphatic rings. The highest BCUT2D eigenvalue weighted by Crippen LogP contribution is 2.25. The highest BCUT2D eigenvalue weighted by atomic mass is 35.5. The zero-order valence-corrected chi connectivity index (χ0v) is 16.5. The van der Waals surface area contributed by atoms with Crippen LogP contribution >= 0.6 is 12.4 Å². The number of carbonyl (C=O) groups is 2. The van der Waals surface area contributed by atoms with Crippen LogP contribution in [0.1, 0.15) is 44.2 Å². The van der Waals surface area contributed by atoms with Crippen molar-refractivity contribution < 1.29 is 9.59 Å². The van der Waals surface area contributed by atoms with Crippen molar-refractivity contribution in [3.8, 4) is 0 Å². The van der Waals surface area contributed by atoms with E-state index in [-0.39, 0.29) is 36.2 Å². The van der Waals surface area contributed by atoms with Crippen molar-refractivity contribution in [2.75, 3.05) is 13.1 Å². The molecule has 1 saturated heterocycles. The maximum absolute atomic E-state index is 13.0. The van der Waals surface area contributed by atoms with Gasteiger partial charge < -0.3 is 15.5 Å². The topological polar surface area (TPSA) is 61.4 Å². The fourth-order valence-electron chi connectivity index (χ4n) is 3.72. The van der Waals surface area contributed by atoms with Gasteiger partial charge in [-0.25, -0.2) is 0 Å². The van der Waals surface area contributed by atoms with Crippen LogP contribution in [0.5, 0.6) is 0 Å². The van der Waals surface area contributed by atoms with Gasteiger partial charge >= 0.3 is 0 Å². The average Bonchev–Trinajstić information content (AvgIpc) is 2.66. The van der Waals surface area contributed by atoms with Gasteiger partial charge in [0.25, 0.3) is 0 Å². The molecule has 1 aromatic carbocycles. The predicted molar refractivity (Wildman–Crippen MR) is 105 cm³/mol. The Hall–Kier alpha value is -1.59. The summed E-state index contributed by atoms with van der Waals surface area (Å²) < 4.78 is 0. The molecule has 3 atom stereocenters. The molecule has 2 amide bonds. The van der Waals surface area contributed by atoms with Gasteiger partial charge in [0.15, 0.2) is 0 Å². The summed E-state index contributed by atoms with van der Waals surface area (Å²) in [5.41, 5.74) is 2.33. The normalized spacial score (nSPS) is 23.4. The van der Waals surface area contributed by atoms with Crippen molar-refractivity contribution in [3.05, 3.63) is 35.4 Å². The standard InChI is InChI=1S/C20H29N3O2.ClH/c1-3-14(2)20(25)23-13-16-8-5-4-7-15(16)11-18(23)19(24)22-17-9-6-10-21-12-17;/h4-5,7-8,14,17-18,21H,3,6,9-13H2,1-2H3,(H,22,24);1H. The summed E-state index contributed by atoms with van der Waals surface area (Å²) >= 11 is 0. The molecule has 26 heavy (non-hydrogen) atoms. The Morgan fingerprint density at radius 3 is 2.69 bits per heavy atom. The smallest absolute Gasteiger partial charge is 0.243 e. The molecule has 2 heterocycles. The minimum absolute atomic E-state index is 0. The maximum Gasteiger partial charge on any atom is 0.243 e. The molecule has 5 nitrogen and oxygen atoms in total. The van der Waals surface area contributed by atoms with E-state index in [9.17, 15) is 9.59 Å².